The van der Waals surface area contributed by atoms with Gasteiger partial charge in [0.25, 0.3) is 11.8 Å². The van der Waals surface area contributed by atoms with Crippen molar-refractivity contribution in [3.05, 3.63) is 46.5 Å². The van der Waals surface area contributed by atoms with Gasteiger partial charge in [-0.25, -0.2) is 4.98 Å². The van der Waals surface area contributed by atoms with Crippen LogP contribution in [0.25, 0.3) is 0 Å². The van der Waals surface area contributed by atoms with E-state index in [4.69, 9.17) is 26.3 Å². The van der Waals surface area contributed by atoms with Crippen LogP contribution in [0.4, 0.5) is 5.13 Å². The number of thiazole rings is 1. The minimum absolute atomic E-state index is 0.0294. The monoisotopic (exact) mass is 511 g/mol. The molecular formula is C18H21N7O7S2. The number of rotatable bonds is 9. The van der Waals surface area contributed by atoms with Gasteiger partial charge in [0, 0.05) is 10.9 Å². The van der Waals surface area contributed by atoms with Crippen molar-refractivity contribution >= 4 is 50.2 Å². The standard InChI is InChI=1S/C18H21N7O7S2/c1-18(2)13(16(27)25(18)32-34(28,29)30)23-15(26)12(11-8-33-17(21)22-11)24-31-7-9-3-5-10(6-4-9)14(19)20/h3-6,8,13H,7H2,1-2H3,(H3,19,20)(H2,21,22)(H,23,26)(H,28,29,30)/t13-/m1/s1. The van der Waals surface area contributed by atoms with Crippen molar-refractivity contribution in [1.82, 2.24) is 15.4 Å². The smallest absolute Gasteiger partial charge is 0.390 e. The highest BCUT2D eigenvalue weighted by Crippen LogP contribution is 2.32. The van der Waals surface area contributed by atoms with E-state index >= 15 is 0 Å². The SMILES string of the molecule is CC1(C)[C@H](NC(=O)C(=NOCc2ccc(C(=N)N)cc2)c2csc(N)n2)C(=O)N1OS(=O)(=O)O. The highest BCUT2D eigenvalue weighted by atomic mass is 32.3. The summed E-state index contributed by atoms with van der Waals surface area (Å²) in [5.41, 5.74) is 10.8. The minimum atomic E-state index is -4.94. The van der Waals surface area contributed by atoms with Gasteiger partial charge in [0.1, 0.15) is 24.2 Å². The molecule has 2 amide bonds. The third kappa shape index (κ3) is 5.48. The molecule has 0 saturated carbocycles. The van der Waals surface area contributed by atoms with Crippen molar-refractivity contribution < 1.29 is 31.7 Å². The molecule has 2 heterocycles. The lowest BCUT2D eigenvalue weighted by Gasteiger charge is -2.50. The van der Waals surface area contributed by atoms with Crippen molar-refractivity contribution in [2.45, 2.75) is 32.0 Å². The second kappa shape index (κ2) is 9.34. The number of carbonyl (C=O) groups excluding carboxylic acids is 2. The number of aromatic nitrogens is 1. The number of hydrogen-bond acceptors (Lipinski definition) is 11. The van der Waals surface area contributed by atoms with E-state index in [0.29, 0.717) is 16.2 Å². The average Bonchev–Trinajstić information content (AvgIpc) is 3.18. The Morgan fingerprint density at radius 3 is 2.53 bits per heavy atom. The topological polar surface area (TPSA) is 223 Å². The number of amidine groups is 1. The molecular weight excluding hydrogens is 490 g/mol. The maximum absolute atomic E-state index is 12.9. The Labute approximate surface area is 197 Å². The third-order valence-corrected chi connectivity index (χ3v) is 5.76. The molecule has 182 valence electrons. The van der Waals surface area contributed by atoms with Gasteiger partial charge in [-0.15, -0.1) is 15.6 Å². The molecule has 1 saturated heterocycles. The number of amides is 2. The second-order valence-corrected chi connectivity index (χ2v) is 9.48. The third-order valence-electron chi connectivity index (χ3n) is 4.75. The van der Waals surface area contributed by atoms with Gasteiger partial charge in [-0.1, -0.05) is 29.4 Å². The molecule has 0 bridgehead atoms. The predicted octanol–water partition coefficient (Wildman–Crippen LogP) is -0.230. The number of oxime groups is 1. The number of hydrogen-bond donors (Lipinski definition) is 5. The van der Waals surface area contributed by atoms with Crippen molar-refractivity contribution in [2.75, 3.05) is 5.73 Å². The van der Waals surface area contributed by atoms with Crippen LogP contribution in [0.15, 0.2) is 34.8 Å². The largest absolute Gasteiger partial charge is 0.418 e. The number of nitrogens with zero attached hydrogens (tertiary/aromatic N) is 3. The summed E-state index contributed by atoms with van der Waals surface area (Å²) >= 11 is 1.06. The zero-order valence-electron chi connectivity index (χ0n) is 17.9. The zero-order chi connectivity index (χ0) is 25.3. The van der Waals surface area contributed by atoms with Crippen molar-refractivity contribution in [1.29, 1.82) is 5.41 Å². The number of nitrogens with one attached hydrogen (secondary N) is 2. The fourth-order valence-electron chi connectivity index (χ4n) is 2.97. The highest BCUT2D eigenvalue weighted by molar-refractivity contribution is 7.80. The summed E-state index contributed by atoms with van der Waals surface area (Å²) in [5.74, 6) is -1.82. The van der Waals surface area contributed by atoms with Gasteiger partial charge < -0.3 is 21.6 Å². The van der Waals surface area contributed by atoms with E-state index in [1.54, 1.807) is 24.3 Å². The van der Waals surface area contributed by atoms with Gasteiger partial charge >= 0.3 is 10.4 Å². The van der Waals surface area contributed by atoms with Crippen LogP contribution in [0, 0.1) is 5.41 Å². The molecule has 2 aromatic rings. The van der Waals surface area contributed by atoms with Gasteiger partial charge in [-0.3, -0.25) is 19.6 Å². The van der Waals surface area contributed by atoms with Crippen LogP contribution in [0.3, 0.4) is 0 Å². The quantitative estimate of drug-likeness (QED) is 0.0977. The molecule has 0 unspecified atom stereocenters. The molecule has 0 spiro atoms. The molecule has 16 heteroatoms. The first-order valence-electron chi connectivity index (χ1n) is 9.46. The molecule has 0 radical (unpaired) electrons. The van der Waals surface area contributed by atoms with Crippen LogP contribution in [-0.4, -0.2) is 58.0 Å². The molecule has 7 N–H and O–H groups in total. The van der Waals surface area contributed by atoms with E-state index in [0.717, 1.165) is 11.3 Å². The molecule has 0 aliphatic carbocycles. The van der Waals surface area contributed by atoms with Crippen LogP contribution < -0.4 is 16.8 Å². The van der Waals surface area contributed by atoms with Crippen LogP contribution in [-0.2, 0) is 35.7 Å². The van der Waals surface area contributed by atoms with Crippen LogP contribution in [0.1, 0.15) is 30.7 Å². The summed E-state index contributed by atoms with van der Waals surface area (Å²) in [6.07, 6.45) is 0. The summed E-state index contributed by atoms with van der Waals surface area (Å²) in [5, 5.41) is 15.8. The van der Waals surface area contributed by atoms with Gasteiger partial charge in [-0.2, -0.15) is 13.5 Å². The normalized spacial score (nSPS) is 17.7. The number of carbonyl (C=O) groups is 2. The molecule has 1 aliphatic heterocycles. The Morgan fingerprint density at radius 2 is 2.03 bits per heavy atom. The van der Waals surface area contributed by atoms with Crippen molar-refractivity contribution in [3.63, 3.8) is 0 Å². The van der Waals surface area contributed by atoms with Crippen LogP contribution in [0.2, 0.25) is 0 Å². The van der Waals surface area contributed by atoms with E-state index in [-0.39, 0.29) is 29.0 Å². The fourth-order valence-corrected chi connectivity index (χ4v) is 3.97. The van der Waals surface area contributed by atoms with Crippen LogP contribution in [0.5, 0.6) is 0 Å². The lowest BCUT2D eigenvalue weighted by molar-refractivity contribution is -0.218. The van der Waals surface area contributed by atoms with Gasteiger partial charge in [0.15, 0.2) is 10.8 Å². The lowest BCUT2D eigenvalue weighted by Crippen LogP contribution is -2.76. The number of anilines is 1. The number of hydroxylamine groups is 2. The number of benzene rings is 1. The van der Waals surface area contributed by atoms with E-state index in [1.165, 1.54) is 19.2 Å². The first-order valence-corrected chi connectivity index (χ1v) is 11.7. The molecule has 1 aromatic heterocycles. The fraction of sp³-hybridized carbons (Fsp3) is 0.278. The Bertz CT molecular complexity index is 1260. The average molecular weight is 512 g/mol. The van der Waals surface area contributed by atoms with Gasteiger partial charge in [0.05, 0.1) is 5.54 Å². The Morgan fingerprint density at radius 1 is 1.38 bits per heavy atom. The molecule has 14 nitrogen and oxygen atoms in total. The first kappa shape index (κ1) is 25.0. The zero-order valence-corrected chi connectivity index (χ0v) is 19.5. The Balaban J connectivity index is 1.75. The lowest BCUT2D eigenvalue weighted by atomic mass is 9.84. The van der Waals surface area contributed by atoms with E-state index in [9.17, 15) is 18.0 Å². The number of β-lactam (4-membered cyclic amide) rings is 1. The Hall–Kier alpha value is -3.60. The molecule has 3 rings (SSSR count). The summed E-state index contributed by atoms with van der Waals surface area (Å²) in [6.45, 7) is 2.81. The van der Waals surface area contributed by atoms with Crippen molar-refractivity contribution in [2.24, 2.45) is 10.9 Å². The maximum Gasteiger partial charge on any atom is 0.418 e. The molecule has 1 aromatic carbocycles. The van der Waals surface area contributed by atoms with E-state index in [1.807, 2.05) is 0 Å². The number of nitrogen functional groups attached to an aromatic ring is 2. The van der Waals surface area contributed by atoms with Crippen molar-refractivity contribution in [3.8, 4) is 0 Å². The first-order chi connectivity index (χ1) is 15.8. The molecule has 1 atom stereocenters. The summed E-state index contributed by atoms with van der Waals surface area (Å²) < 4.78 is 35.0. The molecule has 1 fully saturated rings. The summed E-state index contributed by atoms with van der Waals surface area (Å²) in [7, 11) is -4.94. The maximum atomic E-state index is 12.9. The second-order valence-electron chi connectivity index (χ2n) is 7.59. The Kier molecular flexibility index (Phi) is 6.87. The number of nitrogens with two attached hydrogens (primary N) is 2. The summed E-state index contributed by atoms with van der Waals surface area (Å²) in [4.78, 5) is 34.6. The minimum Gasteiger partial charge on any atom is -0.390 e. The highest BCUT2D eigenvalue weighted by Gasteiger charge is 2.58. The van der Waals surface area contributed by atoms with Gasteiger partial charge in [-0.05, 0) is 19.4 Å². The van der Waals surface area contributed by atoms with E-state index < -0.39 is 33.8 Å². The van der Waals surface area contributed by atoms with E-state index in [2.05, 4.69) is 19.7 Å². The molecule has 1 aliphatic rings. The predicted molar refractivity (Wildman–Crippen MR) is 121 cm³/mol. The molecule has 34 heavy (non-hydrogen) atoms. The summed E-state index contributed by atoms with van der Waals surface area (Å²) in [6, 6.07) is 5.41. The van der Waals surface area contributed by atoms with Crippen LogP contribution >= 0.6 is 11.3 Å². The van der Waals surface area contributed by atoms with Gasteiger partial charge in [0.2, 0.25) is 0 Å².